The highest BCUT2D eigenvalue weighted by atomic mass is 35.5. The van der Waals surface area contributed by atoms with Crippen LogP contribution in [0.15, 0.2) is 18.2 Å². The second kappa shape index (κ2) is 5.38. The number of hydrogen-bond donors (Lipinski definition) is 0. The van der Waals surface area contributed by atoms with E-state index in [1.165, 1.54) is 0 Å². The van der Waals surface area contributed by atoms with Crippen LogP contribution in [0.1, 0.15) is 18.1 Å². The second-order valence-corrected chi connectivity index (χ2v) is 3.32. The van der Waals surface area contributed by atoms with Crippen molar-refractivity contribution in [3.63, 3.8) is 0 Å². The number of rotatable bonds is 3. The van der Waals surface area contributed by atoms with E-state index in [0.29, 0.717) is 17.2 Å². The summed E-state index contributed by atoms with van der Waals surface area (Å²) in [5.41, 5.74) is 1.10. The van der Waals surface area contributed by atoms with Gasteiger partial charge in [0.05, 0.1) is 23.6 Å². The number of carbonyl (C=O) groups excluding carboxylic acids is 1. The smallest absolute Gasteiger partial charge is 0.310 e. The number of benzene rings is 1. The summed E-state index contributed by atoms with van der Waals surface area (Å²) in [7, 11) is 0. The van der Waals surface area contributed by atoms with E-state index in [1.807, 2.05) is 6.07 Å². The molecule has 0 saturated carbocycles. The number of nitriles is 1. The normalized spacial score (nSPS) is 9.40. The highest BCUT2D eigenvalue weighted by Gasteiger charge is 2.06. The number of esters is 1. The quantitative estimate of drug-likeness (QED) is 0.739. The van der Waals surface area contributed by atoms with E-state index in [4.69, 9.17) is 21.6 Å². The van der Waals surface area contributed by atoms with Crippen molar-refractivity contribution in [1.29, 1.82) is 5.26 Å². The molecule has 0 heterocycles. The lowest BCUT2D eigenvalue weighted by molar-refractivity contribution is -0.142. The fourth-order valence-corrected chi connectivity index (χ4v) is 1.31. The Bertz CT molecular complexity index is 410. The minimum absolute atomic E-state index is 0.166. The Morgan fingerprint density at radius 2 is 2.33 bits per heavy atom. The van der Waals surface area contributed by atoms with Gasteiger partial charge in [0, 0.05) is 0 Å². The van der Waals surface area contributed by atoms with Gasteiger partial charge in [-0.3, -0.25) is 4.79 Å². The van der Waals surface area contributed by atoms with Gasteiger partial charge in [0.25, 0.3) is 0 Å². The Labute approximate surface area is 93.2 Å². The predicted octanol–water partition coefficient (Wildman–Crippen LogP) is 2.32. The van der Waals surface area contributed by atoms with Crippen molar-refractivity contribution in [3.05, 3.63) is 34.3 Å². The van der Waals surface area contributed by atoms with Crippen LogP contribution in [0.2, 0.25) is 5.02 Å². The third kappa shape index (κ3) is 3.26. The van der Waals surface area contributed by atoms with E-state index in [-0.39, 0.29) is 12.4 Å². The van der Waals surface area contributed by atoms with Gasteiger partial charge in [-0.1, -0.05) is 17.7 Å². The Morgan fingerprint density at radius 1 is 1.60 bits per heavy atom. The summed E-state index contributed by atoms with van der Waals surface area (Å²) >= 11 is 5.76. The molecule has 78 valence electrons. The molecule has 0 aliphatic heterocycles. The van der Waals surface area contributed by atoms with Crippen molar-refractivity contribution in [3.8, 4) is 6.07 Å². The zero-order valence-electron chi connectivity index (χ0n) is 8.29. The molecule has 0 amide bonds. The van der Waals surface area contributed by atoms with Gasteiger partial charge in [0.2, 0.25) is 0 Å². The molecule has 1 aromatic carbocycles. The molecule has 0 bridgehead atoms. The minimum atomic E-state index is -0.302. The summed E-state index contributed by atoms with van der Waals surface area (Å²) in [6.07, 6.45) is 0.166. The van der Waals surface area contributed by atoms with Crippen molar-refractivity contribution >= 4 is 17.6 Å². The van der Waals surface area contributed by atoms with Crippen LogP contribution < -0.4 is 0 Å². The molecule has 0 spiro atoms. The van der Waals surface area contributed by atoms with E-state index in [0.717, 1.165) is 5.56 Å². The lowest BCUT2D eigenvalue weighted by Crippen LogP contribution is -2.07. The molecule has 1 aromatic rings. The van der Waals surface area contributed by atoms with Crippen LogP contribution in [0.25, 0.3) is 0 Å². The number of nitrogens with zero attached hydrogens (tertiary/aromatic N) is 1. The van der Waals surface area contributed by atoms with Gasteiger partial charge in [-0.25, -0.2) is 0 Å². The number of ether oxygens (including phenoxy) is 1. The van der Waals surface area contributed by atoms with E-state index in [1.54, 1.807) is 25.1 Å². The summed E-state index contributed by atoms with van der Waals surface area (Å²) in [6, 6.07) is 6.87. The molecule has 0 aliphatic carbocycles. The molecule has 1 rings (SSSR count). The van der Waals surface area contributed by atoms with Gasteiger partial charge in [0.15, 0.2) is 0 Å². The van der Waals surface area contributed by atoms with E-state index < -0.39 is 0 Å². The standard InChI is InChI=1S/C11H10ClNO2/c1-2-15-11(14)6-8-3-4-10(12)9(5-8)7-13/h3-5H,2,6H2,1H3. The van der Waals surface area contributed by atoms with Crippen molar-refractivity contribution in [1.82, 2.24) is 0 Å². The first-order valence-corrected chi connectivity index (χ1v) is 4.89. The Morgan fingerprint density at radius 3 is 2.93 bits per heavy atom. The molecule has 3 nitrogen and oxygen atoms in total. The van der Waals surface area contributed by atoms with Gasteiger partial charge in [-0.15, -0.1) is 0 Å². The maximum Gasteiger partial charge on any atom is 0.310 e. The van der Waals surface area contributed by atoms with Crippen molar-refractivity contribution < 1.29 is 9.53 Å². The van der Waals surface area contributed by atoms with Gasteiger partial charge in [0.1, 0.15) is 6.07 Å². The summed E-state index contributed by atoms with van der Waals surface area (Å²) in [4.78, 5) is 11.2. The molecule has 0 aliphatic rings. The summed E-state index contributed by atoms with van der Waals surface area (Å²) < 4.78 is 4.79. The second-order valence-electron chi connectivity index (χ2n) is 2.91. The predicted molar refractivity (Wildman–Crippen MR) is 56.5 cm³/mol. The van der Waals surface area contributed by atoms with Crippen LogP contribution in [0.5, 0.6) is 0 Å². The molecule has 0 fully saturated rings. The molecular formula is C11H10ClNO2. The van der Waals surface area contributed by atoms with Gasteiger partial charge < -0.3 is 4.74 Å². The fraction of sp³-hybridized carbons (Fsp3) is 0.273. The molecule has 0 unspecified atom stereocenters. The topological polar surface area (TPSA) is 50.1 Å². The molecule has 4 heteroatoms. The first-order valence-electron chi connectivity index (χ1n) is 4.51. The summed E-state index contributed by atoms with van der Waals surface area (Å²) in [5.74, 6) is -0.302. The third-order valence-corrected chi connectivity index (χ3v) is 2.13. The number of carbonyl (C=O) groups is 1. The number of hydrogen-bond acceptors (Lipinski definition) is 3. The van der Waals surface area contributed by atoms with E-state index in [9.17, 15) is 4.79 Å². The van der Waals surface area contributed by atoms with Gasteiger partial charge in [-0.05, 0) is 24.6 Å². The van der Waals surface area contributed by atoms with Gasteiger partial charge >= 0.3 is 5.97 Å². The molecule has 0 saturated heterocycles. The molecule has 15 heavy (non-hydrogen) atoms. The van der Waals surface area contributed by atoms with Crippen molar-refractivity contribution in [2.45, 2.75) is 13.3 Å². The largest absolute Gasteiger partial charge is 0.466 e. The van der Waals surface area contributed by atoms with E-state index >= 15 is 0 Å². The average Bonchev–Trinajstić information content (AvgIpc) is 2.21. The summed E-state index contributed by atoms with van der Waals surface area (Å²) in [5, 5.41) is 9.12. The maximum absolute atomic E-state index is 11.2. The molecule has 0 aromatic heterocycles. The van der Waals surface area contributed by atoms with Crippen LogP contribution in [0, 0.1) is 11.3 Å². The Hall–Kier alpha value is -1.53. The fourth-order valence-electron chi connectivity index (χ4n) is 1.15. The lowest BCUT2D eigenvalue weighted by Gasteiger charge is -2.03. The summed E-state index contributed by atoms with van der Waals surface area (Å²) in [6.45, 7) is 2.11. The van der Waals surface area contributed by atoms with Crippen LogP contribution in [-0.2, 0) is 16.0 Å². The maximum atomic E-state index is 11.2. The van der Waals surface area contributed by atoms with Crippen LogP contribution in [0.3, 0.4) is 0 Å². The molecular weight excluding hydrogens is 214 g/mol. The Kier molecular flexibility index (Phi) is 4.14. The van der Waals surface area contributed by atoms with Crippen LogP contribution in [0.4, 0.5) is 0 Å². The van der Waals surface area contributed by atoms with Crippen LogP contribution in [-0.4, -0.2) is 12.6 Å². The average molecular weight is 224 g/mol. The molecule has 0 N–H and O–H groups in total. The molecule has 0 radical (unpaired) electrons. The van der Waals surface area contributed by atoms with E-state index in [2.05, 4.69) is 0 Å². The lowest BCUT2D eigenvalue weighted by atomic mass is 10.1. The SMILES string of the molecule is CCOC(=O)Cc1ccc(Cl)c(C#N)c1. The number of halogens is 1. The third-order valence-electron chi connectivity index (χ3n) is 1.81. The first kappa shape index (κ1) is 11.5. The Balaban J connectivity index is 2.80. The highest BCUT2D eigenvalue weighted by molar-refractivity contribution is 6.31. The van der Waals surface area contributed by atoms with Gasteiger partial charge in [-0.2, -0.15) is 5.26 Å². The monoisotopic (exact) mass is 223 g/mol. The zero-order valence-corrected chi connectivity index (χ0v) is 9.04. The van der Waals surface area contributed by atoms with Crippen molar-refractivity contribution in [2.24, 2.45) is 0 Å². The molecule has 0 atom stereocenters. The first-order chi connectivity index (χ1) is 7.17. The highest BCUT2D eigenvalue weighted by Crippen LogP contribution is 2.17. The zero-order chi connectivity index (χ0) is 11.3. The minimum Gasteiger partial charge on any atom is -0.466 e. The van der Waals surface area contributed by atoms with Crippen LogP contribution >= 0.6 is 11.6 Å². The van der Waals surface area contributed by atoms with Crippen molar-refractivity contribution in [2.75, 3.05) is 6.61 Å².